The lowest BCUT2D eigenvalue weighted by atomic mass is 10.2. The molecule has 0 saturated carbocycles. The fraction of sp³-hybridized carbons (Fsp3) is 0.308. The van der Waals surface area contributed by atoms with Crippen molar-refractivity contribution in [2.24, 2.45) is 0 Å². The second kappa shape index (κ2) is 5.92. The Bertz CT molecular complexity index is 625. The molecule has 2 aromatic rings. The summed E-state index contributed by atoms with van der Waals surface area (Å²) in [5, 5.41) is 4.39. The van der Waals surface area contributed by atoms with E-state index in [4.69, 9.17) is 22.1 Å². The second-order valence-electron chi connectivity index (χ2n) is 4.49. The molecular weight excluding hydrogens is 280 g/mol. The molecule has 0 amide bonds. The maximum atomic E-state index is 12.0. The van der Waals surface area contributed by atoms with Crippen molar-refractivity contribution < 1.29 is 9.53 Å². The van der Waals surface area contributed by atoms with E-state index in [9.17, 15) is 4.79 Å². The molecule has 2 N–H and O–H groups in total. The maximum absolute atomic E-state index is 12.0. The molecule has 1 heterocycles. The largest absolute Gasteiger partial charge is 0.454 e. The minimum Gasteiger partial charge on any atom is -0.454 e. The van der Waals surface area contributed by atoms with Crippen LogP contribution in [0.1, 0.15) is 36.1 Å². The normalized spacial score (nSPS) is 10.8. The zero-order valence-corrected chi connectivity index (χ0v) is 12.0. The summed E-state index contributed by atoms with van der Waals surface area (Å²) in [6.07, 6.45) is 1.43. The predicted octanol–water partition coefficient (Wildman–Crippen LogP) is 2.45. The van der Waals surface area contributed by atoms with Gasteiger partial charge < -0.3 is 10.5 Å². The molecule has 0 aliphatic rings. The lowest BCUT2D eigenvalue weighted by Gasteiger charge is -2.10. The number of para-hydroxylation sites is 1. The van der Waals surface area contributed by atoms with Crippen LogP contribution in [0, 0.1) is 0 Å². The highest BCUT2D eigenvalue weighted by Crippen LogP contribution is 2.23. The molecular formula is C13H15ClN4O2. The van der Waals surface area contributed by atoms with E-state index in [1.54, 1.807) is 22.9 Å². The molecule has 7 heteroatoms. The number of hydrogen-bond acceptors (Lipinski definition) is 5. The molecule has 1 aromatic heterocycles. The Balaban J connectivity index is 2.09. The summed E-state index contributed by atoms with van der Waals surface area (Å²) in [4.78, 5) is 16.0. The summed E-state index contributed by atoms with van der Waals surface area (Å²) in [6, 6.07) is 4.97. The van der Waals surface area contributed by atoms with Crippen LogP contribution < -0.4 is 5.73 Å². The number of carbonyl (C=O) groups excluding carboxylic acids is 1. The zero-order valence-electron chi connectivity index (χ0n) is 11.2. The number of esters is 1. The quantitative estimate of drug-likeness (QED) is 0.692. The van der Waals surface area contributed by atoms with Gasteiger partial charge in [0, 0.05) is 6.04 Å². The van der Waals surface area contributed by atoms with Crippen LogP contribution in [-0.4, -0.2) is 20.7 Å². The van der Waals surface area contributed by atoms with Gasteiger partial charge in [-0.15, -0.1) is 0 Å². The number of nitrogen functional groups attached to an aromatic ring is 1. The van der Waals surface area contributed by atoms with E-state index in [2.05, 4.69) is 10.1 Å². The van der Waals surface area contributed by atoms with Crippen LogP contribution in [0.25, 0.3) is 0 Å². The van der Waals surface area contributed by atoms with Gasteiger partial charge in [-0.05, 0) is 26.0 Å². The van der Waals surface area contributed by atoms with E-state index in [1.165, 1.54) is 6.33 Å². The van der Waals surface area contributed by atoms with Crippen molar-refractivity contribution in [1.29, 1.82) is 0 Å². The molecule has 2 rings (SSSR count). The van der Waals surface area contributed by atoms with Gasteiger partial charge in [0.15, 0.2) is 12.4 Å². The van der Waals surface area contributed by atoms with Crippen LogP contribution in [0.2, 0.25) is 5.02 Å². The van der Waals surface area contributed by atoms with Crippen LogP contribution in [0.15, 0.2) is 24.5 Å². The van der Waals surface area contributed by atoms with Gasteiger partial charge in [-0.25, -0.2) is 14.5 Å². The molecule has 0 spiro atoms. The van der Waals surface area contributed by atoms with Crippen molar-refractivity contribution in [3.63, 3.8) is 0 Å². The standard InChI is InChI=1S/C13H15ClN4O2/c1-8(2)18-11(16-7-17-18)6-20-13(19)9-4-3-5-10(14)12(9)15/h3-5,7-8H,6,15H2,1-2H3. The lowest BCUT2D eigenvalue weighted by molar-refractivity contribution is 0.0456. The van der Waals surface area contributed by atoms with E-state index in [0.717, 1.165) is 0 Å². The third-order valence-electron chi connectivity index (χ3n) is 2.74. The third kappa shape index (κ3) is 2.91. The summed E-state index contributed by atoms with van der Waals surface area (Å²) in [6.45, 7) is 3.97. The van der Waals surface area contributed by atoms with Crippen molar-refractivity contribution in [2.45, 2.75) is 26.5 Å². The monoisotopic (exact) mass is 294 g/mol. The molecule has 1 aromatic carbocycles. The van der Waals surface area contributed by atoms with Crippen molar-refractivity contribution >= 4 is 23.3 Å². The van der Waals surface area contributed by atoms with Gasteiger partial charge in [-0.1, -0.05) is 17.7 Å². The Morgan fingerprint density at radius 3 is 2.95 bits per heavy atom. The first-order chi connectivity index (χ1) is 9.50. The SMILES string of the molecule is CC(C)n1ncnc1COC(=O)c1cccc(Cl)c1N. The minimum absolute atomic E-state index is 0.0307. The van der Waals surface area contributed by atoms with Crippen molar-refractivity contribution in [1.82, 2.24) is 14.8 Å². The minimum atomic E-state index is -0.539. The van der Waals surface area contributed by atoms with Gasteiger partial charge in [0.2, 0.25) is 0 Å². The number of benzene rings is 1. The average Bonchev–Trinajstić information content (AvgIpc) is 2.87. The van der Waals surface area contributed by atoms with E-state index in [1.807, 2.05) is 13.8 Å². The van der Waals surface area contributed by atoms with E-state index >= 15 is 0 Å². The molecule has 0 bridgehead atoms. The molecule has 0 saturated heterocycles. The summed E-state index contributed by atoms with van der Waals surface area (Å²) in [7, 11) is 0. The molecule has 20 heavy (non-hydrogen) atoms. The van der Waals surface area contributed by atoms with Crippen LogP contribution in [-0.2, 0) is 11.3 Å². The highest BCUT2D eigenvalue weighted by atomic mass is 35.5. The van der Waals surface area contributed by atoms with Crippen LogP contribution in [0.4, 0.5) is 5.69 Å². The van der Waals surface area contributed by atoms with Crippen LogP contribution in [0.3, 0.4) is 0 Å². The number of nitrogens with zero attached hydrogens (tertiary/aromatic N) is 3. The third-order valence-corrected chi connectivity index (χ3v) is 3.07. The maximum Gasteiger partial charge on any atom is 0.340 e. The van der Waals surface area contributed by atoms with Crippen LogP contribution >= 0.6 is 11.6 Å². The van der Waals surface area contributed by atoms with E-state index in [0.29, 0.717) is 10.8 Å². The molecule has 0 radical (unpaired) electrons. The number of hydrogen-bond donors (Lipinski definition) is 1. The Kier molecular flexibility index (Phi) is 4.24. The Hall–Kier alpha value is -2.08. The first-order valence-electron chi connectivity index (χ1n) is 6.10. The number of ether oxygens (including phenoxy) is 1. The van der Waals surface area contributed by atoms with Crippen molar-refractivity contribution in [3.8, 4) is 0 Å². The first kappa shape index (κ1) is 14.3. The highest BCUT2D eigenvalue weighted by molar-refractivity contribution is 6.33. The number of rotatable bonds is 4. The van der Waals surface area contributed by atoms with Gasteiger partial charge in [-0.3, -0.25) is 0 Å². The molecule has 0 fully saturated rings. The summed E-state index contributed by atoms with van der Waals surface area (Å²) in [5.41, 5.74) is 6.20. The smallest absolute Gasteiger partial charge is 0.340 e. The van der Waals surface area contributed by atoms with Crippen molar-refractivity contribution in [3.05, 3.63) is 40.9 Å². The Morgan fingerprint density at radius 1 is 1.50 bits per heavy atom. The second-order valence-corrected chi connectivity index (χ2v) is 4.90. The zero-order chi connectivity index (χ0) is 14.7. The lowest BCUT2D eigenvalue weighted by Crippen LogP contribution is -2.13. The highest BCUT2D eigenvalue weighted by Gasteiger charge is 2.15. The summed E-state index contributed by atoms with van der Waals surface area (Å²) < 4.78 is 6.89. The van der Waals surface area contributed by atoms with Gasteiger partial charge in [0.05, 0.1) is 16.3 Å². The Morgan fingerprint density at radius 2 is 2.25 bits per heavy atom. The van der Waals surface area contributed by atoms with Gasteiger partial charge in [-0.2, -0.15) is 5.10 Å². The van der Waals surface area contributed by atoms with Gasteiger partial charge in [0.25, 0.3) is 0 Å². The molecule has 6 nitrogen and oxygen atoms in total. The Labute approximate surface area is 121 Å². The molecule has 0 atom stereocenters. The predicted molar refractivity (Wildman–Crippen MR) is 75.4 cm³/mol. The number of carbonyl (C=O) groups is 1. The topological polar surface area (TPSA) is 83.0 Å². The van der Waals surface area contributed by atoms with Gasteiger partial charge >= 0.3 is 5.97 Å². The van der Waals surface area contributed by atoms with Crippen molar-refractivity contribution in [2.75, 3.05) is 5.73 Å². The molecule has 106 valence electrons. The van der Waals surface area contributed by atoms with E-state index in [-0.39, 0.29) is 23.9 Å². The fourth-order valence-electron chi connectivity index (χ4n) is 1.73. The van der Waals surface area contributed by atoms with Gasteiger partial charge in [0.1, 0.15) is 6.33 Å². The molecule has 0 unspecified atom stereocenters. The van der Waals surface area contributed by atoms with E-state index < -0.39 is 5.97 Å². The molecule has 0 aliphatic heterocycles. The fourth-order valence-corrected chi connectivity index (χ4v) is 1.91. The summed E-state index contributed by atoms with van der Waals surface area (Å²) in [5.74, 6) is 0.0391. The number of aromatic nitrogens is 3. The number of nitrogens with two attached hydrogens (primary N) is 1. The molecule has 0 aliphatic carbocycles. The first-order valence-corrected chi connectivity index (χ1v) is 6.48. The number of anilines is 1. The number of halogens is 1. The average molecular weight is 295 g/mol. The van der Waals surface area contributed by atoms with Crippen LogP contribution in [0.5, 0.6) is 0 Å². The summed E-state index contributed by atoms with van der Waals surface area (Å²) >= 11 is 5.87.